The average Bonchev–Trinajstić information content (AvgIpc) is 3.36. The minimum Gasteiger partial charge on any atom is -0.378 e. The highest BCUT2D eigenvalue weighted by Gasteiger charge is 2.35. The van der Waals surface area contributed by atoms with Crippen molar-refractivity contribution in [1.29, 1.82) is 0 Å². The quantitative estimate of drug-likeness (QED) is 0.702. The highest BCUT2D eigenvalue weighted by molar-refractivity contribution is 6.31. The van der Waals surface area contributed by atoms with Gasteiger partial charge in [0.25, 0.3) is 0 Å². The number of nitrogens with one attached hydrogen (secondary N) is 3. The second-order valence-corrected chi connectivity index (χ2v) is 8.56. The molecular weight excluding hydrogens is 390 g/mol. The monoisotopic (exact) mass is 415 g/mol. The molecule has 1 amide bonds. The number of anilines is 2. The lowest BCUT2D eigenvalue weighted by atomic mass is 9.94. The smallest absolute Gasteiger partial charge is 0.244 e. The Morgan fingerprint density at radius 1 is 1.41 bits per heavy atom. The van der Waals surface area contributed by atoms with Gasteiger partial charge in [-0.15, -0.1) is 0 Å². The first-order valence-electron chi connectivity index (χ1n) is 10.3. The van der Waals surface area contributed by atoms with Crippen LogP contribution >= 0.6 is 11.6 Å². The van der Waals surface area contributed by atoms with Crippen LogP contribution in [0.4, 0.5) is 11.4 Å². The molecule has 5 rings (SSSR count). The van der Waals surface area contributed by atoms with Gasteiger partial charge in [0, 0.05) is 42.5 Å². The van der Waals surface area contributed by atoms with Crippen molar-refractivity contribution in [2.75, 3.05) is 43.5 Å². The summed E-state index contributed by atoms with van der Waals surface area (Å²) in [5, 5.41) is 10.7. The first kappa shape index (κ1) is 19.1. The molecule has 0 radical (unpaired) electrons. The lowest BCUT2D eigenvalue weighted by molar-refractivity contribution is -0.127. The maximum atomic E-state index is 13.2. The van der Waals surface area contributed by atoms with Crippen molar-refractivity contribution < 1.29 is 9.53 Å². The fourth-order valence-corrected chi connectivity index (χ4v) is 4.97. The molecule has 4 atom stereocenters. The molecule has 4 aliphatic heterocycles. The zero-order chi connectivity index (χ0) is 19.8. The lowest BCUT2D eigenvalue weighted by Gasteiger charge is -2.36. The van der Waals surface area contributed by atoms with Crippen LogP contribution in [0.15, 0.2) is 29.4 Å². The van der Waals surface area contributed by atoms with Crippen molar-refractivity contribution >= 4 is 35.1 Å². The summed E-state index contributed by atoms with van der Waals surface area (Å²) in [6, 6.07) is 4.03. The van der Waals surface area contributed by atoms with Crippen LogP contribution in [0.2, 0.25) is 5.02 Å². The maximum absolute atomic E-state index is 13.2. The van der Waals surface area contributed by atoms with E-state index in [-0.39, 0.29) is 23.9 Å². The molecule has 7 nitrogen and oxygen atoms in total. The normalized spacial score (nSPS) is 30.7. The number of hydrogen-bond acceptors (Lipinski definition) is 6. The van der Waals surface area contributed by atoms with Crippen LogP contribution in [0, 0.1) is 0 Å². The van der Waals surface area contributed by atoms with Gasteiger partial charge in [-0.25, -0.2) is 0 Å². The third kappa shape index (κ3) is 3.80. The number of benzene rings is 1. The number of fused-ring (bicyclic) bond motifs is 3. The Morgan fingerprint density at radius 2 is 2.34 bits per heavy atom. The van der Waals surface area contributed by atoms with E-state index in [9.17, 15) is 4.79 Å². The van der Waals surface area contributed by atoms with Crippen molar-refractivity contribution in [2.45, 2.75) is 36.9 Å². The standard InChI is InChI=1S/C21H26ClN5O2/c22-13-8-16-15-3-5-23-10-18(15)25-20(16)17(9-13)26-21(28)19-12-29-7-6-27(19)11-14-2-1-4-24-14/h3,5,8-10,14-15,18-19,24-25H,1-2,4,6-7,11-12H2,(H,26,28)/t14-,15?,18?,19+/m1/s1. The highest BCUT2D eigenvalue weighted by atomic mass is 35.5. The molecule has 29 heavy (non-hydrogen) atoms. The van der Waals surface area contributed by atoms with Gasteiger partial charge < -0.3 is 20.7 Å². The SMILES string of the molecule is O=C(Nc1cc(Cl)cc2c1NC1C=NC=CC21)[C@@H]1COCCN1C[C@H]1CCCN1. The first-order chi connectivity index (χ1) is 14.2. The minimum atomic E-state index is -0.300. The summed E-state index contributed by atoms with van der Waals surface area (Å²) in [5.74, 6) is 0.132. The molecule has 4 aliphatic rings. The van der Waals surface area contributed by atoms with Crippen LogP contribution in [0.3, 0.4) is 0 Å². The van der Waals surface area contributed by atoms with Crippen LogP contribution in [0.25, 0.3) is 0 Å². The second kappa shape index (κ2) is 8.07. The predicted molar refractivity (Wildman–Crippen MR) is 115 cm³/mol. The molecule has 1 aromatic carbocycles. The number of rotatable bonds is 4. The summed E-state index contributed by atoms with van der Waals surface area (Å²) in [4.78, 5) is 19.7. The van der Waals surface area contributed by atoms with Crippen molar-refractivity contribution in [3.05, 3.63) is 35.0 Å². The van der Waals surface area contributed by atoms with Gasteiger partial charge in [0.2, 0.25) is 5.91 Å². The Morgan fingerprint density at radius 3 is 3.21 bits per heavy atom. The summed E-state index contributed by atoms with van der Waals surface area (Å²) in [6.07, 6.45) is 8.14. The highest BCUT2D eigenvalue weighted by Crippen LogP contribution is 2.43. The number of halogens is 1. The van der Waals surface area contributed by atoms with Crippen molar-refractivity contribution in [1.82, 2.24) is 10.2 Å². The van der Waals surface area contributed by atoms with Gasteiger partial charge >= 0.3 is 0 Å². The summed E-state index contributed by atoms with van der Waals surface area (Å²) < 4.78 is 5.64. The van der Waals surface area contributed by atoms with Crippen LogP contribution in [0.1, 0.15) is 24.3 Å². The Bertz CT molecular complexity index is 852. The number of carbonyl (C=O) groups is 1. The lowest BCUT2D eigenvalue weighted by Crippen LogP contribution is -2.54. The van der Waals surface area contributed by atoms with E-state index in [1.165, 1.54) is 6.42 Å². The molecule has 3 N–H and O–H groups in total. The molecule has 1 aromatic rings. The summed E-state index contributed by atoms with van der Waals surface area (Å²) >= 11 is 6.39. The predicted octanol–water partition coefficient (Wildman–Crippen LogP) is 2.21. The molecule has 2 unspecified atom stereocenters. The number of amides is 1. The van der Waals surface area contributed by atoms with E-state index in [1.807, 2.05) is 24.5 Å². The molecule has 0 saturated carbocycles. The number of nitrogens with zero attached hydrogens (tertiary/aromatic N) is 2. The maximum Gasteiger partial charge on any atom is 0.244 e. The molecule has 0 aromatic heterocycles. The van der Waals surface area contributed by atoms with Gasteiger partial charge in [0.15, 0.2) is 0 Å². The Kier molecular flexibility index (Phi) is 5.30. The van der Waals surface area contributed by atoms with Crippen molar-refractivity contribution in [3.8, 4) is 0 Å². The Hall–Kier alpha value is -1.93. The fraction of sp³-hybridized carbons (Fsp3) is 0.524. The Labute approximate surface area is 175 Å². The molecule has 0 aliphatic carbocycles. The zero-order valence-corrected chi connectivity index (χ0v) is 17.0. The van der Waals surface area contributed by atoms with Crippen molar-refractivity contribution in [2.24, 2.45) is 4.99 Å². The summed E-state index contributed by atoms with van der Waals surface area (Å²) in [5.41, 5.74) is 2.74. The van der Waals surface area contributed by atoms with E-state index in [4.69, 9.17) is 16.3 Å². The second-order valence-electron chi connectivity index (χ2n) is 8.12. The molecule has 2 fully saturated rings. The van der Waals surface area contributed by atoms with Crippen LogP contribution < -0.4 is 16.0 Å². The van der Waals surface area contributed by atoms with Crippen molar-refractivity contribution in [3.63, 3.8) is 0 Å². The number of hydrogen-bond donors (Lipinski definition) is 3. The molecule has 2 saturated heterocycles. The molecular formula is C21H26ClN5O2. The molecule has 154 valence electrons. The summed E-state index contributed by atoms with van der Waals surface area (Å²) in [7, 11) is 0. The van der Waals surface area contributed by atoms with E-state index in [2.05, 4.69) is 31.9 Å². The van der Waals surface area contributed by atoms with Gasteiger partial charge in [-0.2, -0.15) is 0 Å². The summed E-state index contributed by atoms with van der Waals surface area (Å²) in [6.45, 7) is 3.79. The number of ether oxygens (including phenoxy) is 1. The zero-order valence-electron chi connectivity index (χ0n) is 16.2. The third-order valence-corrected chi connectivity index (χ3v) is 6.45. The van der Waals surface area contributed by atoms with Gasteiger partial charge in [-0.3, -0.25) is 14.7 Å². The van der Waals surface area contributed by atoms with E-state index in [0.29, 0.717) is 24.3 Å². The number of carbonyl (C=O) groups excluding carboxylic acids is 1. The van der Waals surface area contributed by atoms with Gasteiger partial charge in [-0.1, -0.05) is 17.7 Å². The molecule has 0 spiro atoms. The first-order valence-corrected chi connectivity index (χ1v) is 10.7. The van der Waals surface area contributed by atoms with E-state index >= 15 is 0 Å². The largest absolute Gasteiger partial charge is 0.378 e. The molecule has 4 heterocycles. The topological polar surface area (TPSA) is 78.0 Å². The number of aliphatic imine (C=N–C) groups is 1. The van der Waals surface area contributed by atoms with Gasteiger partial charge in [0.1, 0.15) is 6.04 Å². The fourth-order valence-electron chi connectivity index (χ4n) is 4.75. The molecule has 8 heteroatoms. The van der Waals surface area contributed by atoms with Crippen LogP contribution in [-0.4, -0.2) is 68.0 Å². The van der Waals surface area contributed by atoms with E-state index in [0.717, 1.165) is 43.0 Å². The third-order valence-electron chi connectivity index (χ3n) is 6.23. The van der Waals surface area contributed by atoms with Crippen LogP contribution in [0.5, 0.6) is 0 Å². The Balaban J connectivity index is 1.35. The average molecular weight is 416 g/mol. The van der Waals surface area contributed by atoms with E-state index in [1.54, 1.807) is 0 Å². The van der Waals surface area contributed by atoms with E-state index < -0.39 is 0 Å². The minimum absolute atomic E-state index is 0.0481. The number of morpholine rings is 1. The molecule has 0 bridgehead atoms. The van der Waals surface area contributed by atoms with Crippen LogP contribution in [-0.2, 0) is 9.53 Å². The van der Waals surface area contributed by atoms with Gasteiger partial charge in [-0.05, 0) is 37.1 Å². The van der Waals surface area contributed by atoms with Gasteiger partial charge in [0.05, 0.1) is 30.6 Å².